The van der Waals surface area contributed by atoms with Gasteiger partial charge in [-0.15, -0.1) is 12.4 Å². The van der Waals surface area contributed by atoms with Gasteiger partial charge in [-0.05, 0) is 44.2 Å². The van der Waals surface area contributed by atoms with E-state index in [1.165, 1.54) is 0 Å². The number of hydrogen-bond acceptors (Lipinski definition) is 3. The van der Waals surface area contributed by atoms with Crippen LogP contribution < -0.4 is 11.1 Å². The SMILES string of the molecule is CCC(C(=O)N1CCC(NC(=O)CCCCCCN)CC1)c1ccccc1.Cl. The van der Waals surface area contributed by atoms with Crippen molar-refractivity contribution in [2.75, 3.05) is 19.6 Å². The predicted molar refractivity (Wildman–Crippen MR) is 117 cm³/mol. The van der Waals surface area contributed by atoms with Crippen LogP contribution in [-0.4, -0.2) is 42.4 Å². The summed E-state index contributed by atoms with van der Waals surface area (Å²) in [5.74, 6) is 0.294. The molecule has 2 rings (SSSR count). The van der Waals surface area contributed by atoms with Gasteiger partial charge in [-0.3, -0.25) is 9.59 Å². The fourth-order valence-corrected chi connectivity index (χ4v) is 3.79. The molecule has 5 nitrogen and oxygen atoms in total. The summed E-state index contributed by atoms with van der Waals surface area (Å²) in [5, 5.41) is 3.14. The fraction of sp³-hybridized carbons (Fsp3) is 0.636. The van der Waals surface area contributed by atoms with E-state index in [9.17, 15) is 9.59 Å². The zero-order valence-corrected chi connectivity index (χ0v) is 17.9. The Morgan fingerprint density at radius 3 is 2.36 bits per heavy atom. The molecular formula is C22H36ClN3O2. The van der Waals surface area contributed by atoms with E-state index in [1.54, 1.807) is 0 Å². The van der Waals surface area contributed by atoms with Crippen LogP contribution in [0.15, 0.2) is 30.3 Å². The van der Waals surface area contributed by atoms with Gasteiger partial charge in [0.05, 0.1) is 5.92 Å². The molecule has 28 heavy (non-hydrogen) atoms. The predicted octanol–water partition coefficient (Wildman–Crippen LogP) is 3.62. The first-order valence-electron chi connectivity index (χ1n) is 10.5. The van der Waals surface area contributed by atoms with Gasteiger partial charge in [0.25, 0.3) is 0 Å². The quantitative estimate of drug-likeness (QED) is 0.579. The Morgan fingerprint density at radius 1 is 1.11 bits per heavy atom. The first-order valence-corrected chi connectivity index (χ1v) is 10.5. The van der Waals surface area contributed by atoms with Crippen molar-refractivity contribution in [1.29, 1.82) is 0 Å². The zero-order valence-electron chi connectivity index (χ0n) is 17.1. The molecule has 0 spiro atoms. The normalized spacial score (nSPS) is 15.6. The maximum atomic E-state index is 12.9. The van der Waals surface area contributed by atoms with Gasteiger partial charge in [0.1, 0.15) is 0 Å². The number of benzene rings is 1. The molecule has 1 aliphatic heterocycles. The second-order valence-electron chi connectivity index (χ2n) is 7.49. The molecule has 0 bridgehead atoms. The lowest BCUT2D eigenvalue weighted by atomic mass is 9.93. The first kappa shape index (κ1) is 24.4. The summed E-state index contributed by atoms with van der Waals surface area (Å²) in [6.07, 6.45) is 7.22. The van der Waals surface area contributed by atoms with Crippen LogP contribution in [0.3, 0.4) is 0 Å². The van der Waals surface area contributed by atoms with Crippen molar-refractivity contribution >= 4 is 24.2 Å². The Balaban J connectivity index is 0.00000392. The third-order valence-electron chi connectivity index (χ3n) is 5.44. The number of hydrogen-bond donors (Lipinski definition) is 2. The number of halogens is 1. The Kier molecular flexibility index (Phi) is 11.8. The van der Waals surface area contributed by atoms with Crippen molar-refractivity contribution in [1.82, 2.24) is 10.2 Å². The van der Waals surface area contributed by atoms with Crippen molar-refractivity contribution < 1.29 is 9.59 Å². The number of piperidine rings is 1. The topological polar surface area (TPSA) is 75.4 Å². The van der Waals surface area contributed by atoms with Crippen molar-refractivity contribution in [3.05, 3.63) is 35.9 Å². The monoisotopic (exact) mass is 409 g/mol. The van der Waals surface area contributed by atoms with Crippen LogP contribution in [0.4, 0.5) is 0 Å². The average molecular weight is 410 g/mol. The molecule has 1 saturated heterocycles. The van der Waals surface area contributed by atoms with E-state index < -0.39 is 0 Å². The molecule has 0 radical (unpaired) electrons. The van der Waals surface area contributed by atoms with Crippen LogP contribution in [0.25, 0.3) is 0 Å². The standard InChI is InChI=1S/C22H35N3O2.ClH/c1-2-20(18-10-6-5-7-11-18)22(27)25-16-13-19(14-17-25)24-21(26)12-8-3-4-9-15-23;/h5-7,10-11,19-20H,2-4,8-9,12-17,23H2,1H3,(H,24,26);1H. The molecule has 1 unspecified atom stereocenters. The minimum absolute atomic E-state index is 0. The number of unbranched alkanes of at least 4 members (excludes halogenated alkanes) is 3. The largest absolute Gasteiger partial charge is 0.353 e. The van der Waals surface area contributed by atoms with Crippen LogP contribution in [0.1, 0.15) is 69.8 Å². The molecular weight excluding hydrogens is 374 g/mol. The van der Waals surface area contributed by atoms with E-state index in [2.05, 4.69) is 12.2 Å². The number of nitrogens with two attached hydrogens (primary N) is 1. The number of amides is 2. The third kappa shape index (κ3) is 7.80. The number of likely N-dealkylation sites (tertiary alicyclic amines) is 1. The summed E-state index contributed by atoms with van der Waals surface area (Å²) in [7, 11) is 0. The van der Waals surface area contributed by atoms with Gasteiger partial charge in [-0.1, -0.05) is 50.1 Å². The summed E-state index contributed by atoms with van der Waals surface area (Å²) in [4.78, 5) is 27.0. The molecule has 1 aromatic rings. The van der Waals surface area contributed by atoms with E-state index in [4.69, 9.17) is 5.73 Å². The van der Waals surface area contributed by atoms with E-state index in [0.29, 0.717) is 6.42 Å². The Morgan fingerprint density at radius 2 is 1.75 bits per heavy atom. The Bertz CT molecular complexity index is 574. The van der Waals surface area contributed by atoms with E-state index in [1.807, 2.05) is 35.2 Å². The summed E-state index contributed by atoms with van der Waals surface area (Å²) in [6, 6.07) is 10.2. The highest BCUT2D eigenvalue weighted by atomic mass is 35.5. The lowest BCUT2D eigenvalue weighted by Gasteiger charge is -2.34. The van der Waals surface area contributed by atoms with Crippen molar-refractivity contribution in [3.63, 3.8) is 0 Å². The van der Waals surface area contributed by atoms with Crippen LogP contribution >= 0.6 is 12.4 Å². The highest BCUT2D eigenvalue weighted by Crippen LogP contribution is 2.24. The molecule has 2 amide bonds. The molecule has 0 saturated carbocycles. The summed E-state index contributed by atoms with van der Waals surface area (Å²) < 4.78 is 0. The smallest absolute Gasteiger partial charge is 0.230 e. The first-order chi connectivity index (χ1) is 13.2. The summed E-state index contributed by atoms with van der Waals surface area (Å²) in [5.41, 5.74) is 6.57. The molecule has 3 N–H and O–H groups in total. The van der Waals surface area contributed by atoms with Gasteiger partial charge in [-0.25, -0.2) is 0 Å². The highest BCUT2D eigenvalue weighted by Gasteiger charge is 2.28. The average Bonchev–Trinajstić information content (AvgIpc) is 2.69. The summed E-state index contributed by atoms with van der Waals surface area (Å²) >= 11 is 0. The van der Waals surface area contributed by atoms with Crippen LogP contribution in [0, 0.1) is 0 Å². The maximum Gasteiger partial charge on any atom is 0.230 e. The summed E-state index contributed by atoms with van der Waals surface area (Å²) in [6.45, 7) is 4.25. The van der Waals surface area contributed by atoms with Crippen molar-refractivity contribution in [2.45, 2.75) is 70.3 Å². The number of carbonyl (C=O) groups excluding carboxylic acids is 2. The number of carbonyl (C=O) groups is 2. The fourth-order valence-electron chi connectivity index (χ4n) is 3.79. The zero-order chi connectivity index (χ0) is 19.5. The molecule has 158 valence electrons. The van der Waals surface area contributed by atoms with Crippen molar-refractivity contribution in [3.8, 4) is 0 Å². The lowest BCUT2D eigenvalue weighted by Crippen LogP contribution is -2.47. The molecule has 1 atom stereocenters. The third-order valence-corrected chi connectivity index (χ3v) is 5.44. The van der Waals surface area contributed by atoms with E-state index in [0.717, 1.165) is 70.1 Å². The molecule has 1 aliphatic rings. The van der Waals surface area contributed by atoms with Gasteiger partial charge < -0.3 is 16.0 Å². The number of rotatable bonds is 10. The van der Waals surface area contributed by atoms with Crippen molar-refractivity contribution in [2.24, 2.45) is 5.73 Å². The van der Waals surface area contributed by atoms with Crippen LogP contribution in [-0.2, 0) is 9.59 Å². The number of nitrogens with zero attached hydrogens (tertiary/aromatic N) is 1. The number of nitrogens with one attached hydrogen (secondary N) is 1. The van der Waals surface area contributed by atoms with Crippen LogP contribution in [0.5, 0.6) is 0 Å². The highest BCUT2D eigenvalue weighted by molar-refractivity contribution is 5.85. The van der Waals surface area contributed by atoms with Gasteiger partial charge in [0.15, 0.2) is 0 Å². The van der Waals surface area contributed by atoms with E-state index >= 15 is 0 Å². The second kappa shape index (κ2) is 13.6. The Labute approximate surface area is 175 Å². The lowest BCUT2D eigenvalue weighted by molar-refractivity contribution is -0.134. The Hall–Kier alpha value is -1.59. The minimum atomic E-state index is -0.0640. The second-order valence-corrected chi connectivity index (χ2v) is 7.49. The minimum Gasteiger partial charge on any atom is -0.353 e. The molecule has 0 aliphatic carbocycles. The molecule has 6 heteroatoms. The van der Waals surface area contributed by atoms with Gasteiger partial charge in [0, 0.05) is 25.6 Å². The van der Waals surface area contributed by atoms with Gasteiger partial charge >= 0.3 is 0 Å². The maximum absolute atomic E-state index is 12.9. The molecule has 1 heterocycles. The molecule has 1 aromatic carbocycles. The molecule has 0 aromatic heterocycles. The van der Waals surface area contributed by atoms with Gasteiger partial charge in [-0.2, -0.15) is 0 Å². The van der Waals surface area contributed by atoms with Crippen LogP contribution in [0.2, 0.25) is 0 Å². The van der Waals surface area contributed by atoms with Gasteiger partial charge in [0.2, 0.25) is 11.8 Å². The molecule has 1 fully saturated rings. The van der Waals surface area contributed by atoms with E-state index in [-0.39, 0.29) is 36.2 Å².